The first-order valence-corrected chi connectivity index (χ1v) is 6.99. The van der Waals surface area contributed by atoms with Crippen LogP contribution in [0.25, 0.3) is 5.69 Å². The Morgan fingerprint density at radius 3 is 2.22 bits per heavy atom. The molecule has 0 spiro atoms. The van der Waals surface area contributed by atoms with Crippen LogP contribution in [0.4, 0.5) is 0 Å². The van der Waals surface area contributed by atoms with Crippen LogP contribution in [0, 0.1) is 6.92 Å². The predicted octanol–water partition coefficient (Wildman–Crippen LogP) is 3.33. The van der Waals surface area contributed by atoms with E-state index in [2.05, 4.69) is 42.2 Å². The van der Waals surface area contributed by atoms with Crippen molar-refractivity contribution in [3.8, 4) is 5.69 Å². The molecule has 1 aromatic carbocycles. The number of nitrogens with zero attached hydrogens (tertiary/aromatic N) is 3. The third-order valence-corrected chi connectivity index (χ3v) is 3.72. The van der Waals surface area contributed by atoms with Gasteiger partial charge in [-0.05, 0) is 70.3 Å². The van der Waals surface area contributed by atoms with Gasteiger partial charge in [-0.3, -0.25) is 0 Å². The number of halogens is 2. The second kappa shape index (κ2) is 4.75. The number of hydrogen-bond donors (Lipinski definition) is 1. The summed E-state index contributed by atoms with van der Waals surface area (Å²) in [5.74, 6) is 0. The van der Waals surface area contributed by atoms with E-state index in [1.54, 1.807) is 24.7 Å². The van der Waals surface area contributed by atoms with Crippen molar-refractivity contribution in [1.29, 1.82) is 0 Å². The summed E-state index contributed by atoms with van der Waals surface area (Å²) in [5, 5.41) is 17.9. The van der Waals surface area contributed by atoms with Crippen LogP contribution in [-0.4, -0.2) is 20.1 Å². The lowest BCUT2D eigenvalue weighted by atomic mass is 10.1. The molecular formula is C12H13Br2N3O. The highest BCUT2D eigenvalue weighted by Gasteiger charge is 2.21. The molecule has 0 unspecified atom stereocenters. The van der Waals surface area contributed by atoms with Gasteiger partial charge in [0.25, 0.3) is 0 Å². The smallest absolute Gasteiger partial charge is 0.114 e. The van der Waals surface area contributed by atoms with Gasteiger partial charge in [0.15, 0.2) is 0 Å². The molecule has 0 fully saturated rings. The van der Waals surface area contributed by atoms with Crippen molar-refractivity contribution < 1.29 is 5.11 Å². The Morgan fingerprint density at radius 1 is 1.22 bits per heavy atom. The number of aliphatic hydroxyl groups is 1. The second-order valence-corrected chi connectivity index (χ2v) is 6.39. The minimum Gasteiger partial charge on any atom is -0.384 e. The van der Waals surface area contributed by atoms with E-state index in [1.807, 2.05) is 19.1 Å². The predicted molar refractivity (Wildman–Crippen MR) is 76.7 cm³/mol. The van der Waals surface area contributed by atoms with Gasteiger partial charge >= 0.3 is 0 Å². The number of benzene rings is 1. The first kappa shape index (κ1) is 13.7. The van der Waals surface area contributed by atoms with Gasteiger partial charge in [0, 0.05) is 8.95 Å². The summed E-state index contributed by atoms with van der Waals surface area (Å²) in [4.78, 5) is 0. The van der Waals surface area contributed by atoms with E-state index in [-0.39, 0.29) is 0 Å². The van der Waals surface area contributed by atoms with E-state index in [0.717, 1.165) is 20.2 Å². The van der Waals surface area contributed by atoms with Crippen LogP contribution in [0.1, 0.15) is 25.1 Å². The molecule has 0 amide bonds. The normalized spacial score (nSPS) is 11.9. The Balaban J connectivity index is 2.53. The average Bonchev–Trinajstić information content (AvgIpc) is 2.64. The molecule has 0 saturated heterocycles. The summed E-state index contributed by atoms with van der Waals surface area (Å²) in [5.41, 5.74) is 1.54. The number of hydrogen-bond acceptors (Lipinski definition) is 3. The van der Waals surface area contributed by atoms with Gasteiger partial charge in [0.2, 0.25) is 0 Å². The van der Waals surface area contributed by atoms with Crippen LogP contribution >= 0.6 is 31.9 Å². The molecule has 0 aliphatic rings. The van der Waals surface area contributed by atoms with Gasteiger partial charge in [-0.1, -0.05) is 5.21 Å². The van der Waals surface area contributed by atoms with Crippen molar-refractivity contribution in [2.75, 3.05) is 0 Å². The lowest BCUT2D eigenvalue weighted by molar-refractivity contribution is 0.0737. The lowest BCUT2D eigenvalue weighted by Crippen LogP contribution is -2.15. The van der Waals surface area contributed by atoms with E-state index in [4.69, 9.17) is 0 Å². The Labute approximate surface area is 122 Å². The molecule has 0 radical (unpaired) electrons. The quantitative estimate of drug-likeness (QED) is 0.877. The maximum atomic E-state index is 9.89. The van der Waals surface area contributed by atoms with Crippen LogP contribution in [-0.2, 0) is 5.60 Å². The summed E-state index contributed by atoms with van der Waals surface area (Å²) in [6, 6.07) is 4.01. The molecule has 4 nitrogen and oxygen atoms in total. The second-order valence-electron chi connectivity index (χ2n) is 4.68. The zero-order chi connectivity index (χ0) is 13.5. The van der Waals surface area contributed by atoms with Crippen molar-refractivity contribution in [2.24, 2.45) is 0 Å². The number of rotatable bonds is 2. The highest BCUT2D eigenvalue weighted by molar-refractivity contribution is 9.11. The highest BCUT2D eigenvalue weighted by Crippen LogP contribution is 2.30. The summed E-state index contributed by atoms with van der Waals surface area (Å²) >= 11 is 7.03. The van der Waals surface area contributed by atoms with E-state index in [9.17, 15) is 5.11 Å². The van der Waals surface area contributed by atoms with E-state index in [1.165, 1.54) is 0 Å². The topological polar surface area (TPSA) is 50.9 Å². The zero-order valence-electron chi connectivity index (χ0n) is 10.3. The van der Waals surface area contributed by atoms with Crippen LogP contribution < -0.4 is 0 Å². The first-order chi connectivity index (χ1) is 8.29. The molecular weight excluding hydrogens is 362 g/mol. The minimum absolute atomic E-state index is 0.530. The molecule has 2 aromatic rings. The van der Waals surface area contributed by atoms with Crippen molar-refractivity contribution >= 4 is 31.9 Å². The molecule has 0 aliphatic carbocycles. The third kappa shape index (κ3) is 2.65. The molecule has 1 N–H and O–H groups in total. The lowest BCUT2D eigenvalue weighted by Gasteiger charge is -2.12. The molecule has 6 heteroatoms. The molecule has 96 valence electrons. The molecule has 18 heavy (non-hydrogen) atoms. The molecule has 0 aliphatic heterocycles. The fraction of sp³-hybridized carbons (Fsp3) is 0.333. The minimum atomic E-state index is -0.998. The van der Waals surface area contributed by atoms with E-state index < -0.39 is 5.60 Å². The molecule has 2 rings (SSSR count). The van der Waals surface area contributed by atoms with Crippen LogP contribution in [0.5, 0.6) is 0 Å². The van der Waals surface area contributed by atoms with Gasteiger partial charge in [0.05, 0.1) is 11.9 Å². The monoisotopic (exact) mass is 373 g/mol. The Morgan fingerprint density at radius 2 is 1.78 bits per heavy atom. The van der Waals surface area contributed by atoms with E-state index >= 15 is 0 Å². The highest BCUT2D eigenvalue weighted by atomic mass is 79.9. The molecule has 1 aromatic heterocycles. The van der Waals surface area contributed by atoms with Gasteiger partial charge < -0.3 is 5.11 Å². The standard InChI is InChI=1S/C12H13Br2N3O/c1-7-4-8(13)11(9(14)5-7)17-6-10(15-16-17)12(2,3)18/h4-6,18H,1-3H3. The Bertz CT molecular complexity index is 564. The maximum absolute atomic E-state index is 9.89. The first-order valence-electron chi connectivity index (χ1n) is 5.40. The van der Waals surface area contributed by atoms with Gasteiger partial charge in [-0.15, -0.1) is 5.10 Å². The van der Waals surface area contributed by atoms with Crippen LogP contribution in [0.2, 0.25) is 0 Å². The fourth-order valence-electron chi connectivity index (χ4n) is 1.56. The Hall–Kier alpha value is -0.720. The van der Waals surface area contributed by atoms with Gasteiger partial charge in [-0.2, -0.15) is 0 Å². The fourth-order valence-corrected chi connectivity index (χ4v) is 3.34. The largest absolute Gasteiger partial charge is 0.384 e. The third-order valence-electron chi connectivity index (χ3n) is 2.51. The van der Waals surface area contributed by atoms with Gasteiger partial charge in [0.1, 0.15) is 11.3 Å². The Kier molecular flexibility index (Phi) is 3.62. The van der Waals surface area contributed by atoms with E-state index in [0.29, 0.717) is 5.69 Å². The summed E-state index contributed by atoms with van der Waals surface area (Å²) in [6.07, 6.45) is 1.72. The zero-order valence-corrected chi connectivity index (χ0v) is 13.4. The van der Waals surface area contributed by atoms with Crippen LogP contribution in [0.15, 0.2) is 27.3 Å². The van der Waals surface area contributed by atoms with Crippen molar-refractivity contribution in [3.05, 3.63) is 38.5 Å². The molecule has 0 bridgehead atoms. The van der Waals surface area contributed by atoms with Crippen molar-refractivity contribution in [3.63, 3.8) is 0 Å². The van der Waals surface area contributed by atoms with Gasteiger partial charge in [-0.25, -0.2) is 4.68 Å². The average molecular weight is 375 g/mol. The van der Waals surface area contributed by atoms with Crippen molar-refractivity contribution in [1.82, 2.24) is 15.0 Å². The molecule has 1 heterocycles. The van der Waals surface area contributed by atoms with Crippen LogP contribution in [0.3, 0.4) is 0 Å². The number of aromatic nitrogens is 3. The molecule has 0 atom stereocenters. The summed E-state index contributed by atoms with van der Waals surface area (Å²) < 4.78 is 3.48. The SMILES string of the molecule is Cc1cc(Br)c(-n2cc(C(C)(C)O)nn2)c(Br)c1. The summed E-state index contributed by atoms with van der Waals surface area (Å²) in [6.45, 7) is 5.38. The molecule has 0 saturated carbocycles. The summed E-state index contributed by atoms with van der Waals surface area (Å²) in [7, 11) is 0. The maximum Gasteiger partial charge on any atom is 0.114 e. The number of aryl methyl sites for hydroxylation is 1. The van der Waals surface area contributed by atoms with Crippen molar-refractivity contribution in [2.45, 2.75) is 26.4 Å².